The lowest BCUT2D eigenvalue weighted by molar-refractivity contribution is 0.578. The van der Waals surface area contributed by atoms with Crippen molar-refractivity contribution in [2.45, 2.75) is 38.6 Å². The van der Waals surface area contributed by atoms with E-state index in [-0.39, 0.29) is 11.7 Å². The fourth-order valence-corrected chi connectivity index (χ4v) is 3.22. The van der Waals surface area contributed by atoms with Crippen molar-refractivity contribution in [2.75, 3.05) is 6.54 Å². The summed E-state index contributed by atoms with van der Waals surface area (Å²) in [6.45, 7) is 3.78. The number of nitrogens with zero attached hydrogens (tertiary/aromatic N) is 1. The molecule has 3 heteroatoms. The van der Waals surface area contributed by atoms with Crippen LogP contribution in [0.25, 0.3) is 0 Å². The van der Waals surface area contributed by atoms with Crippen LogP contribution in [0.1, 0.15) is 48.1 Å². The summed E-state index contributed by atoms with van der Waals surface area (Å²) in [4.78, 5) is 4.59. The molecule has 1 atom stereocenters. The maximum atomic E-state index is 13.8. The molecule has 1 aliphatic rings. The van der Waals surface area contributed by atoms with E-state index in [1.165, 1.54) is 11.1 Å². The molecule has 110 valence electrons. The van der Waals surface area contributed by atoms with Gasteiger partial charge in [0.05, 0.1) is 5.69 Å². The Bertz CT molecular complexity index is 624. The van der Waals surface area contributed by atoms with Crippen LogP contribution in [0, 0.1) is 5.82 Å². The number of fused-ring (bicyclic) bond motifs is 1. The first-order valence-corrected chi connectivity index (χ1v) is 7.72. The molecule has 21 heavy (non-hydrogen) atoms. The van der Waals surface area contributed by atoms with Crippen molar-refractivity contribution in [3.63, 3.8) is 0 Å². The molecule has 1 N–H and O–H groups in total. The van der Waals surface area contributed by atoms with Crippen LogP contribution in [-0.2, 0) is 13.0 Å². The van der Waals surface area contributed by atoms with Gasteiger partial charge in [0.15, 0.2) is 0 Å². The first-order chi connectivity index (χ1) is 10.3. The highest BCUT2D eigenvalue weighted by Crippen LogP contribution is 2.37. The van der Waals surface area contributed by atoms with Crippen molar-refractivity contribution in [2.24, 2.45) is 0 Å². The molecule has 1 unspecified atom stereocenters. The quantitative estimate of drug-likeness (QED) is 0.923. The Morgan fingerprint density at radius 1 is 1.33 bits per heavy atom. The molecule has 3 rings (SSSR count). The van der Waals surface area contributed by atoms with Crippen molar-refractivity contribution in [3.8, 4) is 0 Å². The van der Waals surface area contributed by atoms with Gasteiger partial charge in [-0.05, 0) is 60.7 Å². The van der Waals surface area contributed by atoms with Crippen LogP contribution in [-0.4, -0.2) is 11.5 Å². The van der Waals surface area contributed by atoms with Crippen molar-refractivity contribution in [1.29, 1.82) is 0 Å². The van der Waals surface area contributed by atoms with Gasteiger partial charge in [0.1, 0.15) is 5.82 Å². The minimum absolute atomic E-state index is 0.159. The molecule has 0 bridgehead atoms. The van der Waals surface area contributed by atoms with Crippen LogP contribution < -0.4 is 5.32 Å². The highest BCUT2D eigenvalue weighted by atomic mass is 19.1. The number of hydrogen-bond acceptors (Lipinski definition) is 2. The van der Waals surface area contributed by atoms with Gasteiger partial charge in [-0.3, -0.25) is 4.98 Å². The van der Waals surface area contributed by atoms with E-state index in [1.54, 1.807) is 12.1 Å². The van der Waals surface area contributed by atoms with E-state index in [4.69, 9.17) is 0 Å². The van der Waals surface area contributed by atoms with Crippen molar-refractivity contribution >= 4 is 0 Å². The lowest BCUT2D eigenvalue weighted by atomic mass is 9.80. The Labute approximate surface area is 125 Å². The van der Waals surface area contributed by atoms with E-state index < -0.39 is 0 Å². The first kappa shape index (κ1) is 14.2. The van der Waals surface area contributed by atoms with E-state index in [0.717, 1.165) is 43.6 Å². The lowest BCUT2D eigenvalue weighted by Gasteiger charge is -2.26. The predicted octanol–water partition coefficient (Wildman–Crippen LogP) is 3.80. The number of aryl methyl sites for hydroxylation is 1. The molecule has 1 aromatic heterocycles. The minimum atomic E-state index is -0.159. The maximum Gasteiger partial charge on any atom is 0.123 e. The second-order valence-electron chi connectivity index (χ2n) is 5.62. The van der Waals surface area contributed by atoms with Gasteiger partial charge in [0.2, 0.25) is 0 Å². The van der Waals surface area contributed by atoms with Gasteiger partial charge in [-0.25, -0.2) is 4.39 Å². The number of aromatic nitrogens is 1. The van der Waals surface area contributed by atoms with Gasteiger partial charge >= 0.3 is 0 Å². The molecule has 1 aliphatic carbocycles. The van der Waals surface area contributed by atoms with Crippen LogP contribution >= 0.6 is 0 Å². The van der Waals surface area contributed by atoms with Crippen LogP contribution in [0.3, 0.4) is 0 Å². The number of pyridine rings is 1. The van der Waals surface area contributed by atoms with Crippen LogP contribution in [0.2, 0.25) is 0 Å². The SMILES string of the molecule is CCNCc1ccc(F)cc1C1CCCc2cccnc21. The molecule has 0 saturated heterocycles. The summed E-state index contributed by atoms with van der Waals surface area (Å²) in [5.74, 6) is 0.0626. The summed E-state index contributed by atoms with van der Waals surface area (Å²) in [6.07, 6.45) is 5.12. The third-order valence-corrected chi connectivity index (χ3v) is 4.24. The number of benzene rings is 1. The fourth-order valence-electron chi connectivity index (χ4n) is 3.22. The monoisotopic (exact) mass is 284 g/mol. The molecule has 1 heterocycles. The molecule has 2 aromatic rings. The smallest absolute Gasteiger partial charge is 0.123 e. The lowest BCUT2D eigenvalue weighted by Crippen LogP contribution is -2.18. The molecular formula is C18H21FN2. The van der Waals surface area contributed by atoms with Crippen molar-refractivity contribution < 1.29 is 4.39 Å². The zero-order valence-corrected chi connectivity index (χ0v) is 12.4. The third kappa shape index (κ3) is 2.98. The molecular weight excluding hydrogens is 263 g/mol. The average molecular weight is 284 g/mol. The second kappa shape index (κ2) is 6.35. The molecule has 0 fully saturated rings. The van der Waals surface area contributed by atoms with Crippen LogP contribution in [0.4, 0.5) is 4.39 Å². The van der Waals surface area contributed by atoms with Crippen molar-refractivity contribution in [1.82, 2.24) is 10.3 Å². The fraction of sp³-hybridized carbons (Fsp3) is 0.389. The van der Waals surface area contributed by atoms with Crippen LogP contribution in [0.5, 0.6) is 0 Å². The van der Waals surface area contributed by atoms with Gasteiger partial charge in [-0.15, -0.1) is 0 Å². The number of halogens is 1. The summed E-state index contributed by atoms with van der Waals surface area (Å²) in [5, 5.41) is 3.34. The zero-order valence-electron chi connectivity index (χ0n) is 12.4. The van der Waals surface area contributed by atoms with Crippen LogP contribution in [0.15, 0.2) is 36.5 Å². The van der Waals surface area contributed by atoms with E-state index >= 15 is 0 Å². The summed E-state index contributed by atoms with van der Waals surface area (Å²) in [5.41, 5.74) is 4.72. The predicted molar refractivity (Wildman–Crippen MR) is 82.8 cm³/mol. The maximum absolute atomic E-state index is 13.8. The molecule has 0 aliphatic heterocycles. The van der Waals surface area contributed by atoms with E-state index in [0.29, 0.717) is 0 Å². The first-order valence-electron chi connectivity index (χ1n) is 7.72. The Hall–Kier alpha value is -1.74. The van der Waals surface area contributed by atoms with Gasteiger partial charge in [0, 0.05) is 18.7 Å². The van der Waals surface area contributed by atoms with Crippen molar-refractivity contribution in [3.05, 3.63) is 64.7 Å². The summed E-state index contributed by atoms with van der Waals surface area (Å²) in [6, 6.07) is 9.30. The van der Waals surface area contributed by atoms with E-state index in [2.05, 4.69) is 23.3 Å². The van der Waals surface area contributed by atoms with Gasteiger partial charge in [0.25, 0.3) is 0 Å². The average Bonchev–Trinajstić information content (AvgIpc) is 2.53. The molecule has 0 radical (unpaired) electrons. The zero-order chi connectivity index (χ0) is 14.7. The van der Waals surface area contributed by atoms with Gasteiger partial charge < -0.3 is 5.32 Å². The highest BCUT2D eigenvalue weighted by Gasteiger charge is 2.25. The second-order valence-corrected chi connectivity index (χ2v) is 5.62. The molecule has 2 nitrogen and oxygen atoms in total. The van der Waals surface area contributed by atoms with E-state index in [9.17, 15) is 4.39 Å². The molecule has 0 saturated carbocycles. The summed E-state index contributed by atoms with van der Waals surface area (Å²) < 4.78 is 13.8. The Kier molecular flexibility index (Phi) is 4.30. The number of nitrogens with one attached hydrogen (secondary N) is 1. The van der Waals surface area contributed by atoms with Gasteiger partial charge in [-0.2, -0.15) is 0 Å². The summed E-state index contributed by atoms with van der Waals surface area (Å²) in [7, 11) is 0. The highest BCUT2D eigenvalue weighted by molar-refractivity contribution is 5.40. The topological polar surface area (TPSA) is 24.9 Å². The number of rotatable bonds is 4. The van der Waals surface area contributed by atoms with E-state index in [1.807, 2.05) is 18.3 Å². The Morgan fingerprint density at radius 2 is 2.24 bits per heavy atom. The largest absolute Gasteiger partial charge is 0.313 e. The Balaban J connectivity index is 2.02. The molecule has 0 amide bonds. The van der Waals surface area contributed by atoms with Gasteiger partial charge in [-0.1, -0.05) is 19.1 Å². The number of hydrogen-bond donors (Lipinski definition) is 1. The minimum Gasteiger partial charge on any atom is -0.313 e. The standard InChI is InChI=1S/C18H21FN2/c1-2-20-12-14-8-9-15(19)11-17(14)16-7-3-5-13-6-4-10-21-18(13)16/h4,6,8-11,16,20H,2-3,5,7,12H2,1H3. The molecule has 1 aromatic carbocycles. The summed E-state index contributed by atoms with van der Waals surface area (Å²) >= 11 is 0. The Morgan fingerprint density at radius 3 is 3.10 bits per heavy atom. The normalized spacial score (nSPS) is 17.5. The third-order valence-electron chi connectivity index (χ3n) is 4.24. The molecule has 0 spiro atoms.